The number of nitrogens with zero attached hydrogens (tertiary/aromatic N) is 2. The van der Waals surface area contributed by atoms with Gasteiger partial charge in [0.1, 0.15) is 0 Å². The van der Waals surface area contributed by atoms with E-state index in [-0.39, 0.29) is 24.0 Å². The zero-order chi connectivity index (χ0) is 16.1. The lowest BCUT2D eigenvalue weighted by molar-refractivity contribution is 0.297. The summed E-state index contributed by atoms with van der Waals surface area (Å²) in [6.45, 7) is 3.94. The second-order valence-electron chi connectivity index (χ2n) is 5.21. The molecule has 1 aromatic carbocycles. The zero-order valence-electron chi connectivity index (χ0n) is 13.4. The van der Waals surface area contributed by atoms with Crippen molar-refractivity contribution in [2.75, 3.05) is 25.1 Å². The standard InChI is InChI=1S/C16H20N4O2S.HI/c1-11-19-13(10-23-11)5-6-18-16(17)20-12-3-4-14-15(9-12)22-8-2-7-21-14;/h3-4,9-10H,2,5-8H2,1H3,(H3,17,18,20);1H. The maximum absolute atomic E-state index is 5.93. The third kappa shape index (κ3) is 5.23. The molecule has 24 heavy (non-hydrogen) atoms. The number of halogens is 1. The number of nitrogens with one attached hydrogen (secondary N) is 1. The van der Waals surface area contributed by atoms with Gasteiger partial charge in [0, 0.05) is 36.5 Å². The second kappa shape index (κ2) is 9.07. The van der Waals surface area contributed by atoms with Crippen molar-refractivity contribution in [1.82, 2.24) is 4.98 Å². The third-order valence-corrected chi connectivity index (χ3v) is 4.16. The molecule has 1 aliphatic rings. The van der Waals surface area contributed by atoms with Gasteiger partial charge in [-0.2, -0.15) is 0 Å². The normalized spacial score (nSPS) is 13.8. The SMILES string of the molecule is Cc1nc(CCN=C(N)Nc2ccc3c(c2)OCCCO3)cs1.I. The second-order valence-corrected chi connectivity index (χ2v) is 6.27. The van der Waals surface area contributed by atoms with E-state index in [2.05, 4.69) is 20.7 Å². The summed E-state index contributed by atoms with van der Waals surface area (Å²) in [5, 5.41) is 6.20. The highest BCUT2D eigenvalue weighted by molar-refractivity contribution is 14.0. The van der Waals surface area contributed by atoms with Crippen LogP contribution in [-0.2, 0) is 6.42 Å². The number of fused-ring (bicyclic) bond motifs is 1. The highest BCUT2D eigenvalue weighted by Gasteiger charge is 2.10. The summed E-state index contributed by atoms with van der Waals surface area (Å²) in [5.74, 6) is 1.88. The Bertz CT molecular complexity index is 705. The monoisotopic (exact) mass is 460 g/mol. The Morgan fingerprint density at radius 1 is 1.33 bits per heavy atom. The molecule has 0 spiro atoms. The van der Waals surface area contributed by atoms with Crippen LogP contribution in [-0.4, -0.2) is 30.7 Å². The van der Waals surface area contributed by atoms with Crippen molar-refractivity contribution in [3.8, 4) is 11.5 Å². The molecule has 0 fully saturated rings. The summed E-state index contributed by atoms with van der Waals surface area (Å²) in [4.78, 5) is 8.74. The molecular formula is C16H21IN4O2S. The van der Waals surface area contributed by atoms with E-state index < -0.39 is 0 Å². The van der Waals surface area contributed by atoms with Crippen molar-refractivity contribution in [2.45, 2.75) is 19.8 Å². The number of hydrogen-bond acceptors (Lipinski definition) is 5. The zero-order valence-corrected chi connectivity index (χ0v) is 16.6. The van der Waals surface area contributed by atoms with Gasteiger partial charge in [-0.15, -0.1) is 35.3 Å². The third-order valence-electron chi connectivity index (χ3n) is 3.34. The minimum Gasteiger partial charge on any atom is -0.490 e. The Morgan fingerprint density at radius 3 is 2.88 bits per heavy atom. The Labute approximate surface area is 162 Å². The molecule has 6 nitrogen and oxygen atoms in total. The van der Waals surface area contributed by atoms with Crippen LogP contribution in [0.4, 0.5) is 5.69 Å². The summed E-state index contributed by atoms with van der Waals surface area (Å²) >= 11 is 1.65. The summed E-state index contributed by atoms with van der Waals surface area (Å²) in [6, 6.07) is 5.67. The van der Waals surface area contributed by atoms with Crippen molar-refractivity contribution in [3.05, 3.63) is 34.3 Å². The highest BCUT2D eigenvalue weighted by atomic mass is 127. The molecule has 0 saturated carbocycles. The summed E-state index contributed by atoms with van der Waals surface area (Å²) in [7, 11) is 0. The van der Waals surface area contributed by atoms with Crippen LogP contribution >= 0.6 is 35.3 Å². The molecule has 0 saturated heterocycles. The van der Waals surface area contributed by atoms with Gasteiger partial charge in [-0.25, -0.2) is 4.98 Å². The average molecular weight is 460 g/mol. The predicted octanol–water partition coefficient (Wildman–Crippen LogP) is 3.20. The molecule has 0 unspecified atom stereocenters. The van der Waals surface area contributed by atoms with E-state index in [1.807, 2.05) is 25.1 Å². The van der Waals surface area contributed by atoms with Gasteiger partial charge in [-0.05, 0) is 19.1 Å². The van der Waals surface area contributed by atoms with Crippen molar-refractivity contribution in [2.24, 2.45) is 10.7 Å². The molecule has 0 amide bonds. The Balaban J connectivity index is 0.00000208. The molecule has 1 aliphatic heterocycles. The van der Waals surface area contributed by atoms with Gasteiger partial charge in [0.05, 0.1) is 23.9 Å². The maximum atomic E-state index is 5.93. The van der Waals surface area contributed by atoms with Gasteiger partial charge in [0.2, 0.25) is 0 Å². The van der Waals surface area contributed by atoms with Crippen LogP contribution in [0, 0.1) is 6.92 Å². The average Bonchev–Trinajstić information content (AvgIpc) is 2.81. The number of thiazole rings is 1. The predicted molar refractivity (Wildman–Crippen MR) is 108 cm³/mol. The Kier molecular flexibility index (Phi) is 7.10. The van der Waals surface area contributed by atoms with Gasteiger partial charge in [0.15, 0.2) is 17.5 Å². The molecule has 2 heterocycles. The van der Waals surface area contributed by atoms with Crippen molar-refractivity contribution in [1.29, 1.82) is 0 Å². The van der Waals surface area contributed by atoms with Crippen molar-refractivity contribution in [3.63, 3.8) is 0 Å². The lowest BCUT2D eigenvalue weighted by atomic mass is 10.3. The Hall–Kier alpha value is -1.55. The molecule has 8 heteroatoms. The molecule has 130 valence electrons. The molecule has 3 rings (SSSR count). The topological polar surface area (TPSA) is 81.8 Å². The van der Waals surface area contributed by atoms with Crippen LogP contribution in [0.15, 0.2) is 28.6 Å². The number of aliphatic imine (C=N–C) groups is 1. The number of guanidine groups is 1. The van der Waals surface area contributed by atoms with E-state index in [4.69, 9.17) is 15.2 Å². The number of rotatable bonds is 4. The lowest BCUT2D eigenvalue weighted by Crippen LogP contribution is -2.23. The quantitative estimate of drug-likeness (QED) is 0.416. The van der Waals surface area contributed by atoms with Gasteiger partial charge in [-0.1, -0.05) is 0 Å². The van der Waals surface area contributed by atoms with Crippen LogP contribution in [0.3, 0.4) is 0 Å². The molecule has 2 aromatic rings. The van der Waals surface area contributed by atoms with Gasteiger partial charge in [0.25, 0.3) is 0 Å². The van der Waals surface area contributed by atoms with E-state index >= 15 is 0 Å². The fraction of sp³-hybridized carbons (Fsp3) is 0.375. The first-order chi connectivity index (χ1) is 11.2. The number of ether oxygens (including phenoxy) is 2. The van der Waals surface area contributed by atoms with Crippen molar-refractivity contribution < 1.29 is 9.47 Å². The largest absolute Gasteiger partial charge is 0.490 e. The molecule has 0 radical (unpaired) electrons. The molecular weight excluding hydrogens is 439 g/mol. The van der Waals surface area contributed by atoms with Crippen LogP contribution in [0.25, 0.3) is 0 Å². The van der Waals surface area contributed by atoms with Crippen LogP contribution in [0.2, 0.25) is 0 Å². The van der Waals surface area contributed by atoms with Crippen LogP contribution in [0.5, 0.6) is 11.5 Å². The summed E-state index contributed by atoms with van der Waals surface area (Å²) in [5.41, 5.74) is 7.82. The van der Waals surface area contributed by atoms with Crippen LogP contribution in [0.1, 0.15) is 17.1 Å². The number of benzene rings is 1. The minimum absolute atomic E-state index is 0. The summed E-state index contributed by atoms with van der Waals surface area (Å²) < 4.78 is 11.3. The first-order valence-electron chi connectivity index (χ1n) is 7.58. The fourth-order valence-electron chi connectivity index (χ4n) is 2.24. The van der Waals surface area contributed by atoms with E-state index in [9.17, 15) is 0 Å². The highest BCUT2D eigenvalue weighted by Crippen LogP contribution is 2.32. The van der Waals surface area contributed by atoms with Gasteiger partial charge >= 0.3 is 0 Å². The number of aromatic nitrogens is 1. The van der Waals surface area contributed by atoms with Crippen LogP contribution < -0.4 is 20.5 Å². The first kappa shape index (κ1) is 18.8. The number of hydrogen-bond donors (Lipinski definition) is 2. The maximum Gasteiger partial charge on any atom is 0.193 e. The summed E-state index contributed by atoms with van der Waals surface area (Å²) in [6.07, 6.45) is 1.67. The molecule has 0 atom stereocenters. The minimum atomic E-state index is 0. The molecule has 0 bridgehead atoms. The molecule has 1 aromatic heterocycles. The lowest BCUT2D eigenvalue weighted by Gasteiger charge is -2.10. The Morgan fingerprint density at radius 2 is 2.12 bits per heavy atom. The van der Waals surface area contributed by atoms with Crippen molar-refractivity contribution >= 4 is 47.0 Å². The number of anilines is 1. The van der Waals surface area contributed by atoms with Gasteiger partial charge in [-0.3, -0.25) is 4.99 Å². The van der Waals surface area contributed by atoms with E-state index in [0.29, 0.717) is 25.7 Å². The fourth-order valence-corrected chi connectivity index (χ4v) is 2.89. The first-order valence-corrected chi connectivity index (χ1v) is 8.46. The van der Waals surface area contributed by atoms with Gasteiger partial charge < -0.3 is 20.5 Å². The van der Waals surface area contributed by atoms with E-state index in [1.54, 1.807) is 11.3 Å². The smallest absolute Gasteiger partial charge is 0.193 e. The number of aryl methyl sites for hydroxylation is 1. The number of nitrogens with two attached hydrogens (primary N) is 1. The molecule has 3 N–H and O–H groups in total. The van der Waals surface area contributed by atoms with E-state index in [0.717, 1.165) is 40.7 Å². The van der Waals surface area contributed by atoms with E-state index in [1.165, 1.54) is 0 Å². The molecule has 0 aliphatic carbocycles.